The zero-order valence-corrected chi connectivity index (χ0v) is 17.7. The lowest BCUT2D eigenvalue weighted by molar-refractivity contribution is -0.139. The van der Waals surface area contributed by atoms with Crippen LogP contribution < -0.4 is 5.32 Å². The number of carbonyl (C=O) groups is 1. The quantitative estimate of drug-likeness (QED) is 0.773. The molecule has 3 aliphatic rings. The Labute approximate surface area is 181 Å². The predicted molar refractivity (Wildman–Crippen MR) is 118 cm³/mol. The summed E-state index contributed by atoms with van der Waals surface area (Å²) in [5.74, 6) is -0.742. The Morgan fingerprint density at radius 2 is 1.93 bits per heavy atom. The van der Waals surface area contributed by atoms with Crippen molar-refractivity contribution in [3.05, 3.63) is 69.5 Å². The van der Waals surface area contributed by atoms with E-state index in [0.717, 1.165) is 56.0 Å². The molecule has 2 fully saturated rings. The standard InChI is InChI=1S/C24H26ClN3O2/c25-18-5-6-20-17(12-18)4-3-16-2-1-9-26-23(16)22(20)15-7-10-28(11-8-15)19-13-21(24(29)30)27-14-19/h1-2,5-6,9,12,19,21,27H,3-4,7-8,10-11,13-14H2,(H,29,30)/t19-,21-/m0/s1. The fraction of sp³-hybridized carbons (Fsp3) is 0.417. The number of nitrogens with one attached hydrogen (secondary N) is 1. The minimum absolute atomic E-state index is 0.309. The number of rotatable bonds is 2. The van der Waals surface area contributed by atoms with Crippen LogP contribution in [-0.2, 0) is 17.6 Å². The largest absolute Gasteiger partial charge is 0.480 e. The van der Waals surface area contributed by atoms with E-state index in [2.05, 4.69) is 28.4 Å². The van der Waals surface area contributed by atoms with Crippen molar-refractivity contribution in [2.75, 3.05) is 19.6 Å². The Kier molecular flexibility index (Phi) is 5.35. The van der Waals surface area contributed by atoms with Crippen LogP contribution in [-0.4, -0.2) is 52.7 Å². The van der Waals surface area contributed by atoms with Crippen molar-refractivity contribution in [3.63, 3.8) is 0 Å². The van der Waals surface area contributed by atoms with Crippen LogP contribution in [0, 0.1) is 0 Å². The smallest absolute Gasteiger partial charge is 0.320 e. The van der Waals surface area contributed by atoms with Gasteiger partial charge in [-0.3, -0.25) is 14.7 Å². The molecule has 0 unspecified atom stereocenters. The minimum Gasteiger partial charge on any atom is -0.480 e. The van der Waals surface area contributed by atoms with Crippen LogP contribution in [0.25, 0.3) is 5.57 Å². The van der Waals surface area contributed by atoms with Gasteiger partial charge in [-0.25, -0.2) is 0 Å². The van der Waals surface area contributed by atoms with Crippen molar-refractivity contribution >= 4 is 23.1 Å². The van der Waals surface area contributed by atoms with E-state index in [1.54, 1.807) is 0 Å². The Morgan fingerprint density at radius 1 is 1.13 bits per heavy atom. The van der Waals surface area contributed by atoms with Gasteiger partial charge in [0.05, 0.1) is 5.69 Å². The maximum absolute atomic E-state index is 11.3. The van der Waals surface area contributed by atoms with E-state index in [-0.39, 0.29) is 0 Å². The molecule has 0 bridgehead atoms. The molecule has 30 heavy (non-hydrogen) atoms. The molecule has 2 aliphatic heterocycles. The van der Waals surface area contributed by atoms with E-state index in [1.165, 1.54) is 27.8 Å². The third-order valence-electron chi connectivity index (χ3n) is 6.81. The first-order valence-electron chi connectivity index (χ1n) is 10.8. The van der Waals surface area contributed by atoms with Gasteiger partial charge >= 0.3 is 5.97 Å². The van der Waals surface area contributed by atoms with Gasteiger partial charge in [0, 0.05) is 42.5 Å². The van der Waals surface area contributed by atoms with Crippen LogP contribution in [0.5, 0.6) is 0 Å². The van der Waals surface area contributed by atoms with Gasteiger partial charge in [0.1, 0.15) is 6.04 Å². The maximum atomic E-state index is 11.3. The van der Waals surface area contributed by atoms with Crippen molar-refractivity contribution in [2.45, 2.75) is 44.2 Å². The molecule has 5 rings (SSSR count). The van der Waals surface area contributed by atoms with E-state index in [4.69, 9.17) is 16.6 Å². The number of pyridine rings is 1. The van der Waals surface area contributed by atoms with Gasteiger partial charge < -0.3 is 10.4 Å². The molecule has 2 aromatic rings. The lowest BCUT2D eigenvalue weighted by Gasteiger charge is -2.34. The van der Waals surface area contributed by atoms with Crippen molar-refractivity contribution < 1.29 is 9.90 Å². The molecular weight excluding hydrogens is 398 g/mol. The zero-order chi connectivity index (χ0) is 20.7. The summed E-state index contributed by atoms with van der Waals surface area (Å²) in [5.41, 5.74) is 7.75. The molecule has 0 spiro atoms. The summed E-state index contributed by atoms with van der Waals surface area (Å²) in [7, 11) is 0. The maximum Gasteiger partial charge on any atom is 0.320 e. The summed E-state index contributed by atoms with van der Waals surface area (Å²) in [4.78, 5) is 18.5. The number of benzene rings is 1. The molecule has 0 saturated carbocycles. The van der Waals surface area contributed by atoms with Crippen molar-refractivity contribution in [1.29, 1.82) is 0 Å². The summed E-state index contributed by atoms with van der Waals surface area (Å²) in [5, 5.41) is 13.2. The number of aromatic nitrogens is 1. The molecule has 1 aliphatic carbocycles. The number of nitrogens with zero attached hydrogens (tertiary/aromatic N) is 2. The monoisotopic (exact) mass is 423 g/mol. The van der Waals surface area contributed by atoms with Crippen molar-refractivity contribution in [3.8, 4) is 0 Å². The molecule has 0 amide bonds. The molecule has 2 N–H and O–H groups in total. The topological polar surface area (TPSA) is 65.5 Å². The Morgan fingerprint density at radius 3 is 2.70 bits per heavy atom. The molecule has 2 saturated heterocycles. The van der Waals surface area contributed by atoms with Gasteiger partial charge in [0.15, 0.2) is 0 Å². The molecule has 1 aromatic heterocycles. The van der Waals surface area contributed by atoms with Gasteiger partial charge in [-0.05, 0) is 67.0 Å². The van der Waals surface area contributed by atoms with Gasteiger partial charge in [0.2, 0.25) is 0 Å². The summed E-state index contributed by atoms with van der Waals surface area (Å²) in [6, 6.07) is 10.4. The van der Waals surface area contributed by atoms with E-state index in [0.29, 0.717) is 12.5 Å². The predicted octanol–water partition coefficient (Wildman–Crippen LogP) is 3.55. The van der Waals surface area contributed by atoms with Crippen molar-refractivity contribution in [1.82, 2.24) is 15.2 Å². The highest BCUT2D eigenvalue weighted by atomic mass is 35.5. The highest BCUT2D eigenvalue weighted by Crippen LogP contribution is 2.38. The van der Waals surface area contributed by atoms with E-state index >= 15 is 0 Å². The molecule has 156 valence electrons. The van der Waals surface area contributed by atoms with Gasteiger partial charge in [-0.1, -0.05) is 29.3 Å². The number of aliphatic carboxylic acids is 1. The second kappa shape index (κ2) is 8.14. The van der Waals surface area contributed by atoms with Gasteiger partial charge in [0.25, 0.3) is 0 Å². The number of hydrogen-bond donors (Lipinski definition) is 2. The first kappa shape index (κ1) is 19.7. The SMILES string of the molecule is O=C(O)[C@@H]1C[C@H](N2CCC(=C3c4ccc(Cl)cc4CCc4cccnc43)CC2)CN1. The van der Waals surface area contributed by atoms with Crippen LogP contribution in [0.4, 0.5) is 0 Å². The molecule has 6 heteroatoms. The third-order valence-corrected chi connectivity index (χ3v) is 7.04. The highest BCUT2D eigenvalue weighted by molar-refractivity contribution is 6.30. The molecular formula is C24H26ClN3O2. The minimum atomic E-state index is -0.742. The molecule has 0 radical (unpaired) electrons. The fourth-order valence-corrected chi connectivity index (χ4v) is 5.42. The average molecular weight is 424 g/mol. The summed E-state index contributed by atoms with van der Waals surface area (Å²) >= 11 is 6.31. The highest BCUT2D eigenvalue weighted by Gasteiger charge is 2.34. The van der Waals surface area contributed by atoms with Gasteiger partial charge in [-0.15, -0.1) is 0 Å². The summed E-state index contributed by atoms with van der Waals surface area (Å²) < 4.78 is 0. The first-order valence-corrected chi connectivity index (χ1v) is 11.1. The number of fused-ring (bicyclic) bond motifs is 2. The number of piperidine rings is 1. The number of likely N-dealkylation sites (tertiary alicyclic amines) is 1. The molecule has 3 heterocycles. The average Bonchev–Trinajstić information content (AvgIpc) is 3.20. The zero-order valence-electron chi connectivity index (χ0n) is 16.9. The number of aryl methyl sites for hydroxylation is 2. The van der Waals surface area contributed by atoms with E-state index in [9.17, 15) is 9.90 Å². The van der Waals surface area contributed by atoms with Crippen LogP contribution >= 0.6 is 11.6 Å². The molecule has 1 aromatic carbocycles. The Balaban J connectivity index is 1.46. The normalized spacial score (nSPS) is 24.3. The molecule has 2 atom stereocenters. The van der Waals surface area contributed by atoms with E-state index in [1.807, 2.05) is 18.3 Å². The number of carboxylic acid groups (broad SMARTS) is 1. The Hall–Kier alpha value is -2.21. The second-order valence-corrected chi connectivity index (χ2v) is 8.95. The third kappa shape index (κ3) is 3.66. The first-order chi connectivity index (χ1) is 14.6. The van der Waals surface area contributed by atoms with Crippen LogP contribution in [0.3, 0.4) is 0 Å². The lowest BCUT2D eigenvalue weighted by atomic mass is 9.88. The second-order valence-electron chi connectivity index (χ2n) is 8.52. The number of hydrogen-bond acceptors (Lipinski definition) is 4. The molecule has 5 nitrogen and oxygen atoms in total. The van der Waals surface area contributed by atoms with E-state index < -0.39 is 12.0 Å². The number of carboxylic acids is 1. The van der Waals surface area contributed by atoms with Crippen LogP contribution in [0.1, 0.15) is 41.6 Å². The Bertz CT molecular complexity index is 1010. The lowest BCUT2D eigenvalue weighted by Crippen LogP contribution is -2.41. The van der Waals surface area contributed by atoms with Crippen LogP contribution in [0.2, 0.25) is 5.02 Å². The van der Waals surface area contributed by atoms with Crippen LogP contribution in [0.15, 0.2) is 42.1 Å². The fourth-order valence-electron chi connectivity index (χ4n) is 5.23. The summed E-state index contributed by atoms with van der Waals surface area (Å²) in [6.07, 6.45) is 6.51. The van der Waals surface area contributed by atoms with Gasteiger partial charge in [-0.2, -0.15) is 0 Å². The number of halogens is 1. The summed E-state index contributed by atoms with van der Waals surface area (Å²) in [6.45, 7) is 2.68. The van der Waals surface area contributed by atoms with Crippen molar-refractivity contribution in [2.24, 2.45) is 0 Å².